The second-order valence-corrected chi connectivity index (χ2v) is 14.1. The molecule has 0 aromatic rings. The summed E-state index contributed by atoms with van der Waals surface area (Å²) in [5.41, 5.74) is 6.59. The van der Waals surface area contributed by atoms with Gasteiger partial charge in [-0.15, -0.1) is 0 Å². The van der Waals surface area contributed by atoms with Crippen molar-refractivity contribution in [3.8, 4) is 0 Å². The van der Waals surface area contributed by atoms with Crippen LogP contribution < -0.4 is 16.4 Å². The number of hydrogen-bond donors (Lipinski definition) is 4. The molecular formula is C32H59N3O2. The molecule has 0 aliphatic heterocycles. The molecular weight excluding hydrogens is 458 g/mol. The number of Topliss-reactive ketones (excluding diaryl/α,β-unsaturated/α-hetero) is 1. The van der Waals surface area contributed by atoms with Gasteiger partial charge in [0.2, 0.25) is 0 Å². The molecule has 5 N–H and O–H groups in total. The molecule has 0 radical (unpaired) electrons. The molecule has 0 amide bonds. The maximum absolute atomic E-state index is 11.7. The molecule has 4 fully saturated rings. The Morgan fingerprint density at radius 1 is 0.946 bits per heavy atom. The zero-order valence-electron chi connectivity index (χ0n) is 24.4. The highest BCUT2D eigenvalue weighted by Gasteiger charge is 2.60. The number of rotatable bonds is 14. The van der Waals surface area contributed by atoms with Crippen molar-refractivity contribution in [2.24, 2.45) is 52.1 Å². The number of unbranched alkanes of at least 4 members (excludes halogenated alkanes) is 1. The number of carbonyl (C=O) groups is 1. The van der Waals surface area contributed by atoms with E-state index in [1.165, 1.54) is 70.6 Å². The molecule has 9 atom stereocenters. The third-order valence-electron chi connectivity index (χ3n) is 12.3. The summed E-state index contributed by atoms with van der Waals surface area (Å²) >= 11 is 0. The van der Waals surface area contributed by atoms with E-state index in [0.29, 0.717) is 23.2 Å². The molecule has 0 bridgehead atoms. The van der Waals surface area contributed by atoms with Gasteiger partial charge < -0.3 is 21.5 Å². The normalized spacial score (nSPS) is 40.0. The van der Waals surface area contributed by atoms with Crippen molar-refractivity contribution in [3.05, 3.63) is 0 Å². The SMILES string of the molecule is CC(CCC(=O)CO)[C@H]1CCC2C3CC[C@H]4C[C@H](NCCCNCCCCN)CC[C@]4(C)C3CC[C@@]21C. The van der Waals surface area contributed by atoms with Crippen LogP contribution in [0.4, 0.5) is 0 Å². The molecule has 4 aliphatic rings. The monoisotopic (exact) mass is 517 g/mol. The Morgan fingerprint density at radius 3 is 2.49 bits per heavy atom. The van der Waals surface area contributed by atoms with E-state index in [9.17, 15) is 4.79 Å². The molecule has 4 saturated carbocycles. The third kappa shape index (κ3) is 6.47. The summed E-state index contributed by atoms with van der Waals surface area (Å²) in [6.07, 6.45) is 17.7. The fraction of sp³-hybridized carbons (Fsp3) is 0.969. The number of aliphatic hydroxyl groups excluding tert-OH is 1. The Hall–Kier alpha value is -0.490. The van der Waals surface area contributed by atoms with Crippen molar-refractivity contribution >= 4 is 5.78 Å². The maximum Gasteiger partial charge on any atom is 0.158 e. The van der Waals surface area contributed by atoms with E-state index in [0.717, 1.165) is 74.7 Å². The molecule has 5 heteroatoms. The molecule has 4 rings (SSSR count). The number of aliphatic hydroxyl groups is 1. The first-order chi connectivity index (χ1) is 17.8. The highest BCUT2D eigenvalue weighted by atomic mass is 16.3. The third-order valence-corrected chi connectivity index (χ3v) is 12.3. The second kappa shape index (κ2) is 13.2. The van der Waals surface area contributed by atoms with Gasteiger partial charge in [0.25, 0.3) is 0 Å². The van der Waals surface area contributed by atoms with E-state index in [4.69, 9.17) is 10.8 Å². The van der Waals surface area contributed by atoms with E-state index < -0.39 is 0 Å². The predicted octanol–water partition coefficient (Wildman–Crippen LogP) is 5.30. The molecule has 214 valence electrons. The quantitative estimate of drug-likeness (QED) is 0.235. The Morgan fingerprint density at radius 2 is 1.70 bits per heavy atom. The van der Waals surface area contributed by atoms with Crippen LogP contribution in [0.15, 0.2) is 0 Å². The Bertz CT molecular complexity index is 731. The second-order valence-electron chi connectivity index (χ2n) is 14.1. The molecule has 4 unspecified atom stereocenters. The van der Waals surface area contributed by atoms with Crippen molar-refractivity contribution in [2.75, 3.05) is 32.8 Å². The number of nitrogens with one attached hydrogen (secondary N) is 2. The summed E-state index contributed by atoms with van der Waals surface area (Å²) in [7, 11) is 0. The number of carbonyl (C=O) groups excluding carboxylic acids is 1. The van der Waals surface area contributed by atoms with Crippen LogP contribution in [-0.4, -0.2) is 49.7 Å². The molecule has 0 heterocycles. The van der Waals surface area contributed by atoms with Gasteiger partial charge in [-0.05, 0) is 156 Å². The number of ketones is 1. The number of nitrogens with two attached hydrogens (primary N) is 1. The van der Waals surface area contributed by atoms with Gasteiger partial charge in [-0.3, -0.25) is 4.79 Å². The summed E-state index contributed by atoms with van der Waals surface area (Å²) in [6, 6.07) is 0.721. The highest BCUT2D eigenvalue weighted by molar-refractivity contribution is 5.79. The minimum Gasteiger partial charge on any atom is -0.389 e. The van der Waals surface area contributed by atoms with Gasteiger partial charge in [-0.25, -0.2) is 0 Å². The summed E-state index contributed by atoms with van der Waals surface area (Å²) in [4.78, 5) is 11.7. The fourth-order valence-electron chi connectivity index (χ4n) is 10.1. The first kappa shape index (κ1) is 29.5. The predicted molar refractivity (Wildman–Crippen MR) is 153 cm³/mol. The summed E-state index contributed by atoms with van der Waals surface area (Å²) in [5, 5.41) is 16.7. The molecule has 0 saturated heterocycles. The van der Waals surface area contributed by atoms with Crippen LogP contribution in [0.3, 0.4) is 0 Å². The lowest BCUT2D eigenvalue weighted by molar-refractivity contribution is -0.123. The van der Waals surface area contributed by atoms with E-state index in [1.807, 2.05) is 0 Å². The van der Waals surface area contributed by atoms with Crippen LogP contribution >= 0.6 is 0 Å². The molecule has 0 spiro atoms. The first-order valence-corrected chi connectivity index (χ1v) is 16.1. The Labute approximate surface area is 227 Å². The van der Waals surface area contributed by atoms with Crippen molar-refractivity contribution in [1.82, 2.24) is 10.6 Å². The first-order valence-electron chi connectivity index (χ1n) is 16.1. The van der Waals surface area contributed by atoms with Crippen LogP contribution in [-0.2, 0) is 4.79 Å². The molecule has 5 nitrogen and oxygen atoms in total. The van der Waals surface area contributed by atoms with Gasteiger partial charge in [-0.2, -0.15) is 0 Å². The lowest BCUT2D eigenvalue weighted by Gasteiger charge is -2.61. The molecule has 0 aromatic heterocycles. The van der Waals surface area contributed by atoms with Crippen molar-refractivity contribution in [3.63, 3.8) is 0 Å². The number of hydrogen-bond acceptors (Lipinski definition) is 5. The molecule has 37 heavy (non-hydrogen) atoms. The number of fused-ring (bicyclic) bond motifs is 5. The van der Waals surface area contributed by atoms with Gasteiger partial charge >= 0.3 is 0 Å². The smallest absolute Gasteiger partial charge is 0.158 e. The van der Waals surface area contributed by atoms with Gasteiger partial charge in [0.05, 0.1) is 0 Å². The van der Waals surface area contributed by atoms with E-state index in [2.05, 4.69) is 31.4 Å². The van der Waals surface area contributed by atoms with Gasteiger partial charge in [0, 0.05) is 12.5 Å². The van der Waals surface area contributed by atoms with Gasteiger partial charge in [0.15, 0.2) is 5.78 Å². The van der Waals surface area contributed by atoms with Crippen molar-refractivity contribution < 1.29 is 9.90 Å². The van der Waals surface area contributed by atoms with Crippen LogP contribution in [0, 0.1) is 46.3 Å². The zero-order chi connectivity index (χ0) is 26.5. The Balaban J connectivity index is 1.27. The highest BCUT2D eigenvalue weighted by Crippen LogP contribution is 2.68. The standard InChI is InChI=1S/C32H59N3O2/c1-23(7-9-26(37)22-36)28-11-12-29-27-10-8-24-21-25(35-20-6-19-34-18-5-4-17-33)13-15-31(24,2)30(27)14-16-32(28,29)3/h23-25,27-30,34-36H,4-22,33H2,1-3H3/t23?,24-,25+,27?,28+,29?,30?,31-,32+/m0/s1. The van der Waals surface area contributed by atoms with E-state index >= 15 is 0 Å². The van der Waals surface area contributed by atoms with Crippen LogP contribution in [0.25, 0.3) is 0 Å². The minimum absolute atomic E-state index is 0.0154. The van der Waals surface area contributed by atoms with Crippen LogP contribution in [0.2, 0.25) is 0 Å². The lowest BCUT2D eigenvalue weighted by atomic mass is 9.44. The van der Waals surface area contributed by atoms with Crippen molar-refractivity contribution in [1.29, 1.82) is 0 Å². The maximum atomic E-state index is 11.7. The van der Waals surface area contributed by atoms with Crippen LogP contribution in [0.5, 0.6) is 0 Å². The summed E-state index contributed by atoms with van der Waals surface area (Å²) < 4.78 is 0. The molecule has 4 aliphatic carbocycles. The minimum atomic E-state index is -0.288. The lowest BCUT2D eigenvalue weighted by Crippen LogP contribution is -2.55. The van der Waals surface area contributed by atoms with Gasteiger partial charge in [0.1, 0.15) is 6.61 Å². The largest absolute Gasteiger partial charge is 0.389 e. The van der Waals surface area contributed by atoms with E-state index in [1.54, 1.807) is 0 Å². The zero-order valence-corrected chi connectivity index (χ0v) is 24.4. The average molecular weight is 518 g/mol. The van der Waals surface area contributed by atoms with Crippen molar-refractivity contribution in [2.45, 2.75) is 117 Å². The summed E-state index contributed by atoms with van der Waals surface area (Å²) in [6.45, 7) is 11.6. The Kier molecular flexibility index (Phi) is 10.6. The average Bonchev–Trinajstić information content (AvgIpc) is 3.26. The van der Waals surface area contributed by atoms with E-state index in [-0.39, 0.29) is 12.4 Å². The fourth-order valence-corrected chi connectivity index (χ4v) is 10.1. The summed E-state index contributed by atoms with van der Waals surface area (Å²) in [5.74, 6) is 5.00. The topological polar surface area (TPSA) is 87.4 Å². The molecule has 0 aromatic carbocycles. The van der Waals surface area contributed by atoms with Crippen LogP contribution in [0.1, 0.15) is 111 Å². The van der Waals surface area contributed by atoms with Gasteiger partial charge in [-0.1, -0.05) is 20.8 Å².